The maximum absolute atomic E-state index is 11.7. The predicted octanol–water partition coefficient (Wildman–Crippen LogP) is 1.03. The van der Waals surface area contributed by atoms with Crippen LogP contribution >= 0.6 is 0 Å². The summed E-state index contributed by atoms with van der Waals surface area (Å²) < 4.78 is 9.66. The van der Waals surface area contributed by atoms with Gasteiger partial charge in [-0.15, -0.1) is 0 Å². The molecule has 86 valence electrons. The monoisotopic (exact) mass is 231 g/mol. The molecule has 1 fully saturated rings. The van der Waals surface area contributed by atoms with Gasteiger partial charge in [-0.25, -0.2) is 9.59 Å². The number of cyclic esters (lactones) is 1. The van der Waals surface area contributed by atoms with Crippen LogP contribution in [-0.2, 0) is 14.3 Å². The highest BCUT2D eigenvalue weighted by Crippen LogP contribution is 2.13. The Hall–Kier alpha value is -2.35. The SMILES string of the molecule is N#Cc1cccc(C(=O)O[C@H]2CCOC2=O)c1. The van der Waals surface area contributed by atoms with Crippen LogP contribution in [0.1, 0.15) is 22.3 Å². The number of ether oxygens (including phenoxy) is 2. The Morgan fingerprint density at radius 1 is 1.53 bits per heavy atom. The van der Waals surface area contributed by atoms with Crippen molar-refractivity contribution in [2.24, 2.45) is 0 Å². The van der Waals surface area contributed by atoms with Crippen molar-refractivity contribution in [2.45, 2.75) is 12.5 Å². The first-order chi connectivity index (χ1) is 8.20. The Labute approximate surface area is 97.6 Å². The predicted molar refractivity (Wildman–Crippen MR) is 55.9 cm³/mol. The van der Waals surface area contributed by atoms with Gasteiger partial charge < -0.3 is 9.47 Å². The van der Waals surface area contributed by atoms with E-state index in [0.717, 1.165) is 0 Å². The number of hydrogen-bond donors (Lipinski definition) is 0. The number of benzene rings is 1. The molecule has 1 saturated heterocycles. The van der Waals surface area contributed by atoms with Crippen molar-refractivity contribution in [1.29, 1.82) is 5.26 Å². The highest BCUT2D eigenvalue weighted by molar-refractivity contribution is 5.92. The molecule has 0 amide bonds. The van der Waals surface area contributed by atoms with Crippen molar-refractivity contribution in [1.82, 2.24) is 0 Å². The number of nitrogens with zero attached hydrogens (tertiary/aromatic N) is 1. The molecule has 0 aliphatic carbocycles. The van der Waals surface area contributed by atoms with Crippen LogP contribution in [0.25, 0.3) is 0 Å². The van der Waals surface area contributed by atoms with Gasteiger partial charge in [-0.1, -0.05) is 6.07 Å². The summed E-state index contributed by atoms with van der Waals surface area (Å²) in [5, 5.41) is 8.69. The molecule has 1 aromatic rings. The van der Waals surface area contributed by atoms with Crippen LogP contribution in [0.5, 0.6) is 0 Å². The molecule has 1 atom stereocenters. The Balaban J connectivity index is 2.09. The summed E-state index contributed by atoms with van der Waals surface area (Å²) in [6.07, 6.45) is -0.448. The van der Waals surface area contributed by atoms with Crippen LogP contribution in [0.15, 0.2) is 24.3 Å². The minimum absolute atomic E-state index is 0.253. The van der Waals surface area contributed by atoms with E-state index in [0.29, 0.717) is 12.0 Å². The average molecular weight is 231 g/mol. The second-order valence-electron chi connectivity index (χ2n) is 3.54. The van der Waals surface area contributed by atoms with Crippen LogP contribution in [0.4, 0.5) is 0 Å². The van der Waals surface area contributed by atoms with Crippen LogP contribution in [0.2, 0.25) is 0 Å². The van der Waals surface area contributed by atoms with Gasteiger partial charge in [0.2, 0.25) is 6.10 Å². The Kier molecular flexibility index (Phi) is 3.06. The summed E-state index contributed by atoms with van der Waals surface area (Å²) in [5.41, 5.74) is 0.622. The van der Waals surface area contributed by atoms with E-state index in [1.54, 1.807) is 12.1 Å². The maximum atomic E-state index is 11.7. The lowest BCUT2D eigenvalue weighted by molar-refractivity contribution is -0.145. The summed E-state index contributed by atoms with van der Waals surface area (Å²) in [7, 11) is 0. The Morgan fingerprint density at radius 3 is 3.00 bits per heavy atom. The highest BCUT2D eigenvalue weighted by atomic mass is 16.6. The fraction of sp³-hybridized carbons (Fsp3) is 0.250. The quantitative estimate of drug-likeness (QED) is 0.710. The summed E-state index contributed by atoms with van der Waals surface area (Å²) in [4.78, 5) is 22.8. The van der Waals surface area contributed by atoms with Crippen molar-refractivity contribution < 1.29 is 19.1 Å². The lowest BCUT2D eigenvalue weighted by atomic mass is 10.1. The minimum atomic E-state index is -0.826. The molecule has 1 aliphatic rings. The summed E-state index contributed by atoms with van der Waals surface area (Å²) >= 11 is 0. The molecule has 17 heavy (non-hydrogen) atoms. The highest BCUT2D eigenvalue weighted by Gasteiger charge is 2.30. The van der Waals surface area contributed by atoms with Crippen molar-refractivity contribution in [3.8, 4) is 6.07 Å². The van der Waals surface area contributed by atoms with E-state index in [4.69, 9.17) is 10.00 Å². The number of carbonyl (C=O) groups excluding carboxylic acids is 2. The van der Waals surface area contributed by atoms with E-state index in [1.165, 1.54) is 12.1 Å². The molecule has 0 aromatic heterocycles. The van der Waals surface area contributed by atoms with Crippen molar-refractivity contribution >= 4 is 11.9 Å². The molecule has 0 saturated carbocycles. The zero-order chi connectivity index (χ0) is 12.3. The number of hydrogen-bond acceptors (Lipinski definition) is 5. The largest absolute Gasteiger partial charge is 0.463 e. The van der Waals surface area contributed by atoms with E-state index < -0.39 is 18.0 Å². The van der Waals surface area contributed by atoms with Gasteiger partial charge in [-0.3, -0.25) is 0 Å². The second-order valence-corrected chi connectivity index (χ2v) is 3.54. The third-order valence-electron chi connectivity index (χ3n) is 2.36. The van der Waals surface area contributed by atoms with Gasteiger partial charge in [0.05, 0.1) is 23.8 Å². The smallest absolute Gasteiger partial charge is 0.347 e. The first-order valence-electron chi connectivity index (χ1n) is 5.08. The van der Waals surface area contributed by atoms with Gasteiger partial charge >= 0.3 is 11.9 Å². The molecule has 0 radical (unpaired) electrons. The molecule has 0 spiro atoms. The summed E-state index contributed by atoms with van der Waals surface area (Å²) in [5.74, 6) is -1.14. The molecule has 1 aliphatic heterocycles. The molecular formula is C12H9NO4. The number of esters is 2. The van der Waals surface area contributed by atoms with E-state index in [1.807, 2.05) is 6.07 Å². The molecule has 2 rings (SSSR count). The molecule has 0 unspecified atom stereocenters. The van der Waals surface area contributed by atoms with E-state index in [9.17, 15) is 9.59 Å². The third kappa shape index (κ3) is 2.42. The van der Waals surface area contributed by atoms with E-state index in [-0.39, 0.29) is 12.2 Å². The maximum Gasteiger partial charge on any atom is 0.347 e. The lowest BCUT2D eigenvalue weighted by Gasteiger charge is -2.08. The number of rotatable bonds is 2. The number of carbonyl (C=O) groups is 2. The summed E-state index contributed by atoms with van der Waals surface area (Å²) in [6.45, 7) is 0.273. The Morgan fingerprint density at radius 2 is 2.35 bits per heavy atom. The van der Waals surface area contributed by atoms with Crippen LogP contribution in [-0.4, -0.2) is 24.6 Å². The average Bonchev–Trinajstić information content (AvgIpc) is 2.75. The number of nitriles is 1. The fourth-order valence-corrected chi connectivity index (χ4v) is 1.50. The van der Waals surface area contributed by atoms with Crippen LogP contribution in [0, 0.1) is 11.3 Å². The first kappa shape index (κ1) is 11.1. The zero-order valence-electron chi connectivity index (χ0n) is 8.88. The minimum Gasteiger partial charge on any atom is -0.463 e. The van der Waals surface area contributed by atoms with Gasteiger partial charge in [-0.2, -0.15) is 5.26 Å². The zero-order valence-corrected chi connectivity index (χ0v) is 8.88. The standard InChI is InChI=1S/C12H9NO4/c13-7-8-2-1-3-9(6-8)11(14)17-10-4-5-16-12(10)15/h1-3,6,10H,4-5H2/t10-/m0/s1. The normalized spacial score (nSPS) is 18.3. The van der Waals surface area contributed by atoms with Crippen LogP contribution < -0.4 is 0 Å². The van der Waals surface area contributed by atoms with Crippen LogP contribution in [0.3, 0.4) is 0 Å². The Bertz CT molecular complexity index is 503. The van der Waals surface area contributed by atoms with Gasteiger partial charge in [0.15, 0.2) is 0 Å². The third-order valence-corrected chi connectivity index (χ3v) is 2.36. The summed E-state index contributed by atoms with van der Waals surface area (Å²) in [6, 6.07) is 8.05. The lowest BCUT2D eigenvalue weighted by Crippen LogP contribution is -2.22. The van der Waals surface area contributed by atoms with Gasteiger partial charge in [-0.05, 0) is 18.2 Å². The van der Waals surface area contributed by atoms with Gasteiger partial charge in [0.25, 0.3) is 0 Å². The van der Waals surface area contributed by atoms with Gasteiger partial charge in [0.1, 0.15) is 0 Å². The molecule has 5 heteroatoms. The molecule has 0 N–H and O–H groups in total. The molecule has 1 heterocycles. The van der Waals surface area contributed by atoms with Crippen molar-refractivity contribution in [3.05, 3.63) is 35.4 Å². The van der Waals surface area contributed by atoms with E-state index in [2.05, 4.69) is 4.74 Å². The first-order valence-corrected chi connectivity index (χ1v) is 5.08. The molecule has 5 nitrogen and oxygen atoms in total. The molecular weight excluding hydrogens is 222 g/mol. The molecule has 0 bridgehead atoms. The van der Waals surface area contributed by atoms with Crippen molar-refractivity contribution in [3.63, 3.8) is 0 Å². The fourth-order valence-electron chi connectivity index (χ4n) is 1.50. The van der Waals surface area contributed by atoms with Gasteiger partial charge in [0, 0.05) is 6.42 Å². The molecule has 1 aromatic carbocycles. The topological polar surface area (TPSA) is 76.4 Å². The van der Waals surface area contributed by atoms with Crippen molar-refractivity contribution in [2.75, 3.05) is 6.61 Å². The second kappa shape index (κ2) is 4.66. The van der Waals surface area contributed by atoms with E-state index >= 15 is 0 Å².